The largest absolute Gasteiger partial charge is 0.493 e. The average Bonchev–Trinajstić information content (AvgIpc) is 2.67. The number of carbonyl (C=O) groups excluding carboxylic acids is 2. The lowest BCUT2D eigenvalue weighted by molar-refractivity contribution is -0.148. The number of hydrogen-bond donors (Lipinski definition) is 1. The minimum absolute atomic E-state index is 0.0109. The Bertz CT molecular complexity index is 690. The highest BCUT2D eigenvalue weighted by Gasteiger charge is 2.33. The summed E-state index contributed by atoms with van der Waals surface area (Å²) in [7, 11) is 3.05. The maximum Gasteiger partial charge on any atom is 0.310 e. The third-order valence-corrected chi connectivity index (χ3v) is 4.46. The van der Waals surface area contributed by atoms with Crippen molar-refractivity contribution in [3.8, 4) is 17.6 Å². The van der Waals surface area contributed by atoms with Crippen molar-refractivity contribution in [1.29, 1.82) is 5.26 Å². The van der Waals surface area contributed by atoms with E-state index in [1.807, 2.05) is 0 Å². The van der Waals surface area contributed by atoms with E-state index in [9.17, 15) is 14.9 Å². The van der Waals surface area contributed by atoms with Crippen molar-refractivity contribution in [3.63, 3.8) is 0 Å². The highest BCUT2D eigenvalue weighted by Crippen LogP contribution is 2.28. The molecule has 1 aromatic rings. The van der Waals surface area contributed by atoms with Crippen molar-refractivity contribution in [3.05, 3.63) is 23.8 Å². The van der Waals surface area contributed by atoms with Gasteiger partial charge in [-0.3, -0.25) is 9.59 Å². The molecule has 1 fully saturated rings. The molecular formula is C19H24N2O5. The van der Waals surface area contributed by atoms with Gasteiger partial charge in [0.05, 0.1) is 26.7 Å². The summed E-state index contributed by atoms with van der Waals surface area (Å²) < 4.78 is 15.4. The molecule has 0 aliphatic heterocycles. The number of methoxy groups -OCH3 is 2. The van der Waals surface area contributed by atoms with Gasteiger partial charge >= 0.3 is 5.97 Å². The average molecular weight is 360 g/mol. The zero-order chi connectivity index (χ0) is 19.0. The summed E-state index contributed by atoms with van der Waals surface area (Å²) in [6.45, 7) is -0.393. The number of benzene rings is 1. The number of nitrogens with zero attached hydrogens (tertiary/aromatic N) is 1. The first-order valence-electron chi connectivity index (χ1n) is 8.61. The second-order valence-electron chi connectivity index (χ2n) is 6.33. The van der Waals surface area contributed by atoms with Crippen LogP contribution in [0.25, 0.3) is 0 Å². The summed E-state index contributed by atoms with van der Waals surface area (Å²) in [5.41, 5.74) is -0.140. The SMILES string of the molecule is COc1ccc(CC(=O)OCC(=O)NC2(C#N)CCCCC2)cc1OC. The van der Waals surface area contributed by atoms with Gasteiger partial charge in [0.1, 0.15) is 5.54 Å². The van der Waals surface area contributed by atoms with E-state index in [0.717, 1.165) is 19.3 Å². The first-order valence-corrected chi connectivity index (χ1v) is 8.61. The molecule has 0 spiro atoms. The molecule has 1 N–H and O–H groups in total. The molecule has 1 aliphatic rings. The smallest absolute Gasteiger partial charge is 0.310 e. The van der Waals surface area contributed by atoms with Crippen LogP contribution in [0.3, 0.4) is 0 Å². The molecule has 140 valence electrons. The lowest BCUT2D eigenvalue weighted by Gasteiger charge is -2.31. The molecule has 2 rings (SSSR count). The molecule has 0 radical (unpaired) electrons. The Morgan fingerprint density at radius 3 is 2.46 bits per heavy atom. The monoisotopic (exact) mass is 360 g/mol. The first-order chi connectivity index (χ1) is 12.5. The molecule has 1 aromatic carbocycles. The van der Waals surface area contributed by atoms with Crippen LogP contribution in [0.4, 0.5) is 0 Å². The van der Waals surface area contributed by atoms with Crippen LogP contribution in [-0.4, -0.2) is 38.2 Å². The van der Waals surface area contributed by atoms with Gasteiger partial charge in [0.2, 0.25) is 0 Å². The molecule has 0 saturated heterocycles. The Morgan fingerprint density at radius 2 is 1.85 bits per heavy atom. The summed E-state index contributed by atoms with van der Waals surface area (Å²) in [6.07, 6.45) is 4.17. The number of nitriles is 1. The van der Waals surface area contributed by atoms with Gasteiger partial charge < -0.3 is 19.5 Å². The summed E-state index contributed by atoms with van der Waals surface area (Å²) in [5.74, 6) is 0.109. The van der Waals surface area contributed by atoms with Gasteiger partial charge in [-0.05, 0) is 30.5 Å². The third-order valence-electron chi connectivity index (χ3n) is 4.46. The summed E-state index contributed by atoms with van der Waals surface area (Å²) in [6, 6.07) is 7.32. The number of amides is 1. The zero-order valence-electron chi connectivity index (χ0n) is 15.2. The van der Waals surface area contributed by atoms with Gasteiger partial charge in [-0.2, -0.15) is 5.26 Å². The minimum Gasteiger partial charge on any atom is -0.493 e. The summed E-state index contributed by atoms with van der Waals surface area (Å²) in [5, 5.41) is 12.1. The van der Waals surface area contributed by atoms with Crippen LogP contribution in [0.15, 0.2) is 18.2 Å². The van der Waals surface area contributed by atoms with Crippen LogP contribution in [-0.2, 0) is 20.7 Å². The van der Waals surface area contributed by atoms with Crippen molar-refractivity contribution in [2.24, 2.45) is 0 Å². The fraction of sp³-hybridized carbons (Fsp3) is 0.526. The normalized spacial score (nSPS) is 15.4. The molecule has 1 aliphatic carbocycles. The fourth-order valence-electron chi connectivity index (χ4n) is 3.08. The molecule has 0 bridgehead atoms. The number of nitrogens with one attached hydrogen (secondary N) is 1. The fourth-order valence-corrected chi connectivity index (χ4v) is 3.08. The number of carbonyl (C=O) groups is 2. The maximum atomic E-state index is 12.0. The van der Waals surface area contributed by atoms with E-state index >= 15 is 0 Å². The van der Waals surface area contributed by atoms with Crippen molar-refractivity contribution >= 4 is 11.9 Å². The Labute approximate surface area is 153 Å². The van der Waals surface area contributed by atoms with Gasteiger partial charge in [0.25, 0.3) is 5.91 Å². The maximum absolute atomic E-state index is 12.0. The van der Waals surface area contributed by atoms with Crippen LogP contribution in [0.2, 0.25) is 0 Å². The van der Waals surface area contributed by atoms with Crippen LogP contribution in [0, 0.1) is 11.3 Å². The van der Waals surface area contributed by atoms with E-state index < -0.39 is 24.0 Å². The standard InChI is InChI=1S/C19H24N2O5/c1-24-15-7-6-14(10-16(15)25-2)11-18(23)26-12-17(22)21-19(13-20)8-4-3-5-9-19/h6-7,10H,3-5,8-9,11-12H2,1-2H3,(H,21,22). The van der Waals surface area contributed by atoms with Gasteiger partial charge in [-0.15, -0.1) is 0 Å². The van der Waals surface area contributed by atoms with Crippen LogP contribution >= 0.6 is 0 Å². The molecule has 0 heterocycles. The van der Waals surface area contributed by atoms with Crippen LogP contribution in [0.5, 0.6) is 11.5 Å². The van der Waals surface area contributed by atoms with E-state index in [4.69, 9.17) is 14.2 Å². The summed E-state index contributed by atoms with van der Waals surface area (Å²) >= 11 is 0. The topological polar surface area (TPSA) is 97.6 Å². The molecule has 1 saturated carbocycles. The number of hydrogen-bond acceptors (Lipinski definition) is 6. The molecule has 26 heavy (non-hydrogen) atoms. The number of esters is 1. The van der Waals surface area contributed by atoms with Crippen LogP contribution in [0.1, 0.15) is 37.7 Å². The molecule has 0 atom stereocenters. The Hall–Kier alpha value is -2.75. The zero-order valence-corrected chi connectivity index (χ0v) is 15.2. The van der Waals surface area contributed by atoms with Crippen molar-refractivity contribution in [1.82, 2.24) is 5.32 Å². The number of rotatable bonds is 7. The van der Waals surface area contributed by atoms with Crippen molar-refractivity contribution < 1.29 is 23.8 Å². The number of ether oxygens (including phenoxy) is 3. The Morgan fingerprint density at radius 1 is 1.15 bits per heavy atom. The van der Waals surface area contributed by atoms with Crippen LogP contribution < -0.4 is 14.8 Å². The molecule has 7 heteroatoms. The lowest BCUT2D eigenvalue weighted by Crippen LogP contribution is -2.50. The van der Waals surface area contributed by atoms with E-state index in [1.54, 1.807) is 18.2 Å². The second-order valence-corrected chi connectivity index (χ2v) is 6.33. The van der Waals surface area contributed by atoms with Crippen molar-refractivity contribution in [2.45, 2.75) is 44.1 Å². The predicted octanol–water partition coefficient (Wildman–Crippen LogP) is 2.13. The molecular weight excluding hydrogens is 336 g/mol. The Kier molecular flexibility index (Phi) is 6.84. The van der Waals surface area contributed by atoms with Gasteiger partial charge in [0.15, 0.2) is 18.1 Å². The van der Waals surface area contributed by atoms with E-state index in [2.05, 4.69) is 11.4 Å². The molecule has 1 amide bonds. The third kappa shape index (κ3) is 5.12. The second kappa shape index (κ2) is 9.09. The van der Waals surface area contributed by atoms with Gasteiger partial charge in [-0.25, -0.2) is 0 Å². The highest BCUT2D eigenvalue weighted by atomic mass is 16.5. The lowest BCUT2D eigenvalue weighted by atomic mass is 9.83. The van der Waals surface area contributed by atoms with E-state index in [-0.39, 0.29) is 6.42 Å². The predicted molar refractivity (Wildman–Crippen MR) is 93.8 cm³/mol. The highest BCUT2D eigenvalue weighted by molar-refractivity contribution is 5.82. The first kappa shape index (κ1) is 19.6. The minimum atomic E-state index is -0.828. The Balaban J connectivity index is 1.84. The summed E-state index contributed by atoms with van der Waals surface area (Å²) in [4.78, 5) is 24.0. The molecule has 0 aromatic heterocycles. The van der Waals surface area contributed by atoms with E-state index in [0.29, 0.717) is 29.9 Å². The van der Waals surface area contributed by atoms with Crippen molar-refractivity contribution in [2.75, 3.05) is 20.8 Å². The van der Waals surface area contributed by atoms with E-state index in [1.165, 1.54) is 14.2 Å². The van der Waals surface area contributed by atoms with Gasteiger partial charge in [-0.1, -0.05) is 25.3 Å². The van der Waals surface area contributed by atoms with Gasteiger partial charge in [0, 0.05) is 0 Å². The quantitative estimate of drug-likeness (QED) is 0.748. The molecule has 7 nitrogen and oxygen atoms in total. The molecule has 0 unspecified atom stereocenters.